The average Bonchev–Trinajstić information content (AvgIpc) is 3.45. The Morgan fingerprint density at radius 2 is 1.89 bits per heavy atom. The molecule has 2 aliphatic rings. The summed E-state index contributed by atoms with van der Waals surface area (Å²) in [7, 11) is 1.42. The monoisotopic (exact) mass is 639 g/mol. The molecular formula is C31H29F4N7O4. The van der Waals surface area contributed by atoms with E-state index in [-0.39, 0.29) is 36.3 Å². The lowest BCUT2D eigenvalue weighted by atomic mass is 10.0. The number of alkyl halides is 3. The first kappa shape index (κ1) is 31.0. The zero-order valence-electron chi connectivity index (χ0n) is 24.6. The fourth-order valence-electron chi connectivity index (χ4n) is 5.66. The molecule has 11 nitrogen and oxygen atoms in total. The fraction of sp³-hybridized carbons (Fsp3) is 0.323. The van der Waals surface area contributed by atoms with Crippen molar-refractivity contribution in [1.82, 2.24) is 25.0 Å². The van der Waals surface area contributed by atoms with Crippen LogP contribution in [-0.4, -0.2) is 64.3 Å². The van der Waals surface area contributed by atoms with Crippen molar-refractivity contribution >= 4 is 40.3 Å². The molecular weight excluding hydrogens is 610 g/mol. The number of anilines is 2. The summed E-state index contributed by atoms with van der Waals surface area (Å²) in [5, 5.41) is 10.3. The van der Waals surface area contributed by atoms with Crippen molar-refractivity contribution in [1.29, 1.82) is 0 Å². The van der Waals surface area contributed by atoms with Crippen LogP contribution in [0.15, 0.2) is 54.9 Å². The van der Waals surface area contributed by atoms with E-state index in [9.17, 15) is 31.9 Å². The highest BCUT2D eigenvalue weighted by Crippen LogP contribution is 2.34. The van der Waals surface area contributed by atoms with E-state index in [0.717, 1.165) is 31.2 Å². The number of urea groups is 1. The van der Waals surface area contributed by atoms with Gasteiger partial charge in [0.05, 0.1) is 36.1 Å². The van der Waals surface area contributed by atoms with Crippen molar-refractivity contribution in [3.8, 4) is 5.75 Å². The number of benzene rings is 2. The van der Waals surface area contributed by atoms with Crippen molar-refractivity contribution in [2.75, 3.05) is 37.0 Å². The molecule has 0 aliphatic carbocycles. The minimum atomic E-state index is -4.58. The maximum Gasteiger partial charge on any atom is 0.416 e. The van der Waals surface area contributed by atoms with Crippen LogP contribution in [0.25, 0.3) is 10.9 Å². The lowest BCUT2D eigenvalue weighted by Crippen LogP contribution is -2.50. The van der Waals surface area contributed by atoms with Crippen LogP contribution in [0.4, 0.5) is 33.9 Å². The van der Waals surface area contributed by atoms with Crippen LogP contribution in [-0.2, 0) is 17.5 Å². The fourth-order valence-corrected chi connectivity index (χ4v) is 5.66. The highest BCUT2D eigenvalue weighted by atomic mass is 19.4. The minimum absolute atomic E-state index is 0.0465. The molecule has 6 rings (SSSR count). The zero-order valence-corrected chi connectivity index (χ0v) is 24.6. The number of ether oxygens (including phenoxy) is 1. The number of imide groups is 1. The van der Waals surface area contributed by atoms with E-state index < -0.39 is 29.5 Å². The summed E-state index contributed by atoms with van der Waals surface area (Å²) in [6.45, 7) is 1.79. The van der Waals surface area contributed by atoms with Crippen LogP contribution in [0.3, 0.4) is 0 Å². The smallest absolute Gasteiger partial charge is 0.416 e. The van der Waals surface area contributed by atoms with Crippen LogP contribution in [0.5, 0.6) is 5.75 Å². The molecule has 0 bridgehead atoms. The van der Waals surface area contributed by atoms with E-state index in [1.807, 2.05) is 10.9 Å². The number of amides is 4. The normalized spacial score (nSPS) is 16.5. The van der Waals surface area contributed by atoms with Gasteiger partial charge < -0.3 is 10.1 Å². The molecule has 2 aromatic carbocycles. The average molecular weight is 640 g/mol. The Morgan fingerprint density at radius 1 is 1.11 bits per heavy atom. The molecule has 46 heavy (non-hydrogen) atoms. The number of nitrogens with zero attached hydrogens (tertiary/aromatic N) is 5. The first-order chi connectivity index (χ1) is 22.0. The van der Waals surface area contributed by atoms with Gasteiger partial charge in [0.2, 0.25) is 5.91 Å². The van der Waals surface area contributed by atoms with Gasteiger partial charge in [-0.2, -0.15) is 18.3 Å². The van der Waals surface area contributed by atoms with Gasteiger partial charge in [-0.25, -0.2) is 14.2 Å². The third-order valence-electron chi connectivity index (χ3n) is 8.12. The number of methoxy groups -OCH3 is 1. The summed E-state index contributed by atoms with van der Waals surface area (Å²) in [5.74, 6) is -0.976. The lowest BCUT2D eigenvalue weighted by Gasteiger charge is -2.32. The van der Waals surface area contributed by atoms with Gasteiger partial charge in [-0.05, 0) is 43.2 Å². The van der Waals surface area contributed by atoms with Gasteiger partial charge in [-0.15, -0.1) is 0 Å². The number of hydrogen-bond donors (Lipinski definition) is 2. The number of carbonyl (C=O) groups excluding carboxylic acids is 3. The van der Waals surface area contributed by atoms with E-state index in [0.29, 0.717) is 47.5 Å². The predicted molar refractivity (Wildman–Crippen MR) is 159 cm³/mol. The van der Waals surface area contributed by atoms with Crippen molar-refractivity contribution in [3.63, 3.8) is 0 Å². The Labute approximate surface area is 260 Å². The van der Waals surface area contributed by atoms with Crippen molar-refractivity contribution in [2.45, 2.75) is 38.0 Å². The number of hydrogen-bond acceptors (Lipinski definition) is 7. The molecule has 4 amide bonds. The first-order valence-electron chi connectivity index (χ1n) is 14.5. The summed E-state index contributed by atoms with van der Waals surface area (Å²) in [6, 6.07) is 8.50. The van der Waals surface area contributed by atoms with E-state index in [4.69, 9.17) is 9.84 Å². The predicted octanol–water partition coefficient (Wildman–Crippen LogP) is 5.13. The first-order valence-corrected chi connectivity index (χ1v) is 14.5. The Hall–Kier alpha value is -5.05. The van der Waals surface area contributed by atoms with Gasteiger partial charge in [0, 0.05) is 61.4 Å². The van der Waals surface area contributed by atoms with Gasteiger partial charge in [0.25, 0.3) is 5.91 Å². The molecule has 2 N–H and O–H groups in total. The minimum Gasteiger partial charge on any atom is -0.494 e. The zero-order chi connectivity index (χ0) is 32.6. The Balaban J connectivity index is 1.12. The summed E-state index contributed by atoms with van der Waals surface area (Å²) < 4.78 is 61.4. The molecule has 0 unspecified atom stereocenters. The van der Waals surface area contributed by atoms with E-state index in [2.05, 4.69) is 20.5 Å². The summed E-state index contributed by atoms with van der Waals surface area (Å²) >= 11 is 0. The number of pyridine rings is 1. The van der Waals surface area contributed by atoms with Crippen molar-refractivity contribution in [3.05, 3.63) is 77.4 Å². The molecule has 0 spiro atoms. The largest absolute Gasteiger partial charge is 0.494 e. The van der Waals surface area contributed by atoms with Gasteiger partial charge in [0.1, 0.15) is 17.4 Å². The topological polar surface area (TPSA) is 122 Å². The number of piperidine rings is 1. The molecule has 2 aromatic heterocycles. The lowest BCUT2D eigenvalue weighted by molar-refractivity contribution is -0.137. The Bertz CT molecular complexity index is 1820. The molecule has 240 valence electrons. The molecule has 4 aromatic rings. The molecule has 0 radical (unpaired) electrons. The highest BCUT2D eigenvalue weighted by molar-refractivity contribution is 6.06. The molecule has 15 heteroatoms. The third kappa shape index (κ3) is 6.49. The number of fused-ring (bicyclic) bond motifs is 1. The maximum absolute atomic E-state index is 14.7. The van der Waals surface area contributed by atoms with E-state index in [1.165, 1.54) is 30.2 Å². The third-order valence-corrected chi connectivity index (χ3v) is 8.12. The Kier molecular flexibility index (Phi) is 8.34. The molecule has 2 saturated heterocycles. The van der Waals surface area contributed by atoms with Gasteiger partial charge in [-0.3, -0.25) is 29.4 Å². The van der Waals surface area contributed by atoms with E-state index in [1.54, 1.807) is 12.1 Å². The molecule has 0 saturated carbocycles. The Morgan fingerprint density at radius 3 is 2.61 bits per heavy atom. The van der Waals surface area contributed by atoms with Crippen LogP contribution in [0.2, 0.25) is 0 Å². The maximum atomic E-state index is 14.7. The van der Waals surface area contributed by atoms with Crippen LogP contribution in [0, 0.1) is 5.82 Å². The quantitative estimate of drug-likeness (QED) is 0.269. The second-order valence-electron chi connectivity index (χ2n) is 11.1. The van der Waals surface area contributed by atoms with E-state index >= 15 is 0 Å². The number of nitrogens with one attached hydrogen (secondary N) is 2. The van der Waals surface area contributed by atoms with Crippen LogP contribution in [0.1, 0.15) is 46.8 Å². The van der Waals surface area contributed by atoms with Crippen LogP contribution >= 0.6 is 0 Å². The van der Waals surface area contributed by atoms with Crippen molar-refractivity contribution < 1.29 is 36.7 Å². The number of likely N-dealkylation sites (tertiary alicyclic amines) is 1. The van der Waals surface area contributed by atoms with Gasteiger partial charge in [0.15, 0.2) is 0 Å². The SMILES string of the molecule is COc1cc2nn(C3CCN(Cc4cc(N5CCC(=O)NC5=O)ncc4F)CC3)cc2cc1NC(=O)c1cccc(C(F)(F)F)c1. The number of halogens is 4. The molecule has 4 heterocycles. The number of carbonyl (C=O) groups is 3. The van der Waals surface area contributed by atoms with Crippen molar-refractivity contribution in [2.24, 2.45) is 0 Å². The summed E-state index contributed by atoms with van der Waals surface area (Å²) in [4.78, 5) is 44.0. The second-order valence-corrected chi connectivity index (χ2v) is 11.1. The summed E-state index contributed by atoms with van der Waals surface area (Å²) in [6.07, 6.45) is -0.0643. The van der Waals surface area contributed by atoms with Crippen LogP contribution < -0.4 is 20.3 Å². The molecule has 0 atom stereocenters. The second kappa shape index (κ2) is 12.4. The summed E-state index contributed by atoms with van der Waals surface area (Å²) in [5.41, 5.74) is 0.238. The van der Waals surface area contributed by atoms with Gasteiger partial charge >= 0.3 is 12.2 Å². The standard InChI is InChI=1S/C31H29F4N7O4/c1-46-26-14-24-20(12-25(26)37-29(44)18-3-2-4-21(11-18)31(33,34)35)17-42(39-24)22-5-8-40(9-6-22)16-19-13-27(36-15-23(19)32)41-10-7-28(43)38-30(41)45/h2-4,11-15,17,22H,5-10,16H2,1H3,(H,37,44)(H,38,43,45). The number of aromatic nitrogens is 3. The molecule has 2 fully saturated rings. The number of rotatable bonds is 7. The van der Waals surface area contributed by atoms with Gasteiger partial charge in [-0.1, -0.05) is 6.07 Å². The highest BCUT2D eigenvalue weighted by Gasteiger charge is 2.31. The molecule has 2 aliphatic heterocycles.